The molecular formula is C39H39BrCl3F2K2N5O2S4. The summed E-state index contributed by atoms with van der Waals surface area (Å²) in [6.45, 7) is 9.82. The monoisotopic (exact) mass is 1040 g/mol. The molecule has 1 amide bonds. The summed E-state index contributed by atoms with van der Waals surface area (Å²) >= 11 is 31.6. The quantitative estimate of drug-likeness (QED) is 0.0250. The standard InChI is InChI=1S/C18H15ClFN3OS2.C10H10Cl2O.C7H6BrF.C2H2N2S2.2CH4.2K/c1-10-5-4-7-12(19)14(10)22-17(24)15-16(21)23-18(26-15)25-9-11-6-2-3-8-13(11)20;1-7-3-2-4-10(12)9(7)5-8(13)6-11;8-5-6-3-1-2-4-7(6)9;1-3-4-2(5)6;;;;/h2-8H,9,21H2,1H3,(H,22,24);2-4H,5-6H2,1H3;1-4H,5H2;(H2,4,5,6);2*1H4;;/q;;;;;;2*+1/p-2. The number of nitrogens with one attached hydrogen (secondary N) is 1. The molecule has 3 N–H and O–H groups in total. The molecule has 0 aliphatic carbocycles. The number of thiazole rings is 1. The number of nitrogen functional groups attached to an aromatic ring is 1. The fourth-order valence-electron chi connectivity index (χ4n) is 4.03. The van der Waals surface area contributed by atoms with Crippen LogP contribution in [-0.4, -0.2) is 26.9 Å². The number of aromatic nitrogens is 1. The Morgan fingerprint density at radius 2 is 1.45 bits per heavy atom. The first-order valence-corrected chi connectivity index (χ1v) is 20.3. The fourth-order valence-corrected chi connectivity index (χ4v) is 7.17. The Morgan fingerprint density at radius 3 is 1.90 bits per heavy atom. The van der Waals surface area contributed by atoms with Gasteiger partial charge in [-0.2, -0.15) is 10.9 Å². The Hall–Kier alpha value is -0.117. The van der Waals surface area contributed by atoms with Gasteiger partial charge >= 0.3 is 103 Å². The zero-order chi connectivity index (χ0) is 40.2. The number of rotatable bonds is 9. The van der Waals surface area contributed by atoms with E-state index in [0.717, 1.165) is 16.7 Å². The summed E-state index contributed by atoms with van der Waals surface area (Å²) in [4.78, 5) is 30.7. The van der Waals surface area contributed by atoms with Crippen molar-refractivity contribution < 1.29 is 121 Å². The fraction of sp³-hybridized carbons (Fsp3) is 0.205. The maximum atomic E-state index is 13.7. The van der Waals surface area contributed by atoms with E-state index in [-0.39, 0.29) is 157 Å². The predicted molar refractivity (Wildman–Crippen MR) is 244 cm³/mol. The summed E-state index contributed by atoms with van der Waals surface area (Å²) in [5.41, 5.74) is 10.5. The van der Waals surface area contributed by atoms with Crippen molar-refractivity contribution in [1.29, 1.82) is 0 Å². The first-order valence-electron chi connectivity index (χ1n) is 15.3. The van der Waals surface area contributed by atoms with Crippen molar-refractivity contribution >= 4 is 127 Å². The van der Waals surface area contributed by atoms with E-state index in [1.807, 2.05) is 44.2 Å². The summed E-state index contributed by atoms with van der Waals surface area (Å²) in [6.07, 6.45) is 0.328. The Balaban J connectivity index is -0.000000794. The van der Waals surface area contributed by atoms with Crippen LogP contribution in [0.5, 0.6) is 0 Å². The van der Waals surface area contributed by atoms with Crippen LogP contribution in [0.2, 0.25) is 10.0 Å². The van der Waals surface area contributed by atoms with Crippen LogP contribution in [0.1, 0.15) is 52.3 Å². The molecule has 7 nitrogen and oxygen atoms in total. The molecule has 4 aromatic carbocycles. The number of Topliss-reactive ketones (excluding diaryl/α,β-unsaturated/α-hetero) is 1. The summed E-state index contributed by atoms with van der Waals surface area (Å²) in [7, 11) is 0. The van der Waals surface area contributed by atoms with Crippen LogP contribution in [0, 0.1) is 32.1 Å². The molecule has 5 rings (SSSR count). The topological polar surface area (TPSA) is 102 Å². The molecule has 0 fully saturated rings. The van der Waals surface area contributed by atoms with Crippen LogP contribution in [0.15, 0.2) is 94.4 Å². The first kappa shape index (κ1) is 62.2. The number of anilines is 2. The van der Waals surface area contributed by atoms with Crippen LogP contribution in [0.25, 0.3) is 4.95 Å². The van der Waals surface area contributed by atoms with Crippen LogP contribution in [0.4, 0.5) is 20.3 Å². The summed E-state index contributed by atoms with van der Waals surface area (Å²) < 4.78 is 26.8. The third-order valence-electron chi connectivity index (χ3n) is 6.72. The molecule has 0 unspecified atom stereocenters. The molecule has 0 atom stereocenters. The number of carbonyl (C=O) groups excluding carboxylic acids is 2. The van der Waals surface area contributed by atoms with Crippen molar-refractivity contribution in [3.8, 4) is 0 Å². The maximum Gasteiger partial charge on any atom is 1.00 e. The van der Waals surface area contributed by atoms with E-state index < -0.39 is 0 Å². The second-order valence-corrected chi connectivity index (χ2v) is 15.4. The van der Waals surface area contributed by atoms with Crippen molar-refractivity contribution in [2.45, 2.75) is 50.5 Å². The Kier molecular flexibility index (Phi) is 36.9. The average molecular weight is 1040 g/mol. The molecule has 5 aromatic rings. The number of para-hydroxylation sites is 1. The zero-order valence-electron chi connectivity index (χ0n) is 30.5. The minimum absolute atomic E-state index is 0. The van der Waals surface area contributed by atoms with Gasteiger partial charge in [-0.25, -0.2) is 13.8 Å². The summed E-state index contributed by atoms with van der Waals surface area (Å²) in [5, 5.41) is 7.42. The third kappa shape index (κ3) is 22.8. The van der Waals surface area contributed by atoms with E-state index in [1.165, 1.54) is 35.2 Å². The van der Waals surface area contributed by atoms with E-state index in [1.54, 1.807) is 42.5 Å². The van der Waals surface area contributed by atoms with Crippen LogP contribution in [-0.2, 0) is 47.6 Å². The van der Waals surface area contributed by atoms with Gasteiger partial charge in [0.05, 0.1) is 16.6 Å². The van der Waals surface area contributed by atoms with Gasteiger partial charge in [-0.05, 0) is 65.9 Å². The molecule has 0 bridgehead atoms. The number of carbonyl (C=O) groups is 2. The number of halogens is 6. The largest absolute Gasteiger partial charge is 1.00 e. The SMILES string of the molecule is C.C.Cc1cccc(Cl)c1CC(=O)CCl.Cc1cccc(Cl)c1NC(=O)c1sc(SCc2ccccc2F)nc1N.Fc1ccccc1CBr.[C-]#[N+]N=C([S-])[S-].[K+].[K+]. The van der Waals surface area contributed by atoms with Gasteiger partial charge in [0.2, 0.25) is 0 Å². The van der Waals surface area contributed by atoms with E-state index in [0.29, 0.717) is 53.6 Å². The molecule has 0 saturated heterocycles. The average Bonchev–Trinajstić information content (AvgIpc) is 3.52. The minimum atomic E-state index is -0.367. The molecule has 0 aliphatic rings. The van der Waals surface area contributed by atoms with Gasteiger partial charge in [0.1, 0.15) is 22.3 Å². The number of amides is 1. The van der Waals surface area contributed by atoms with Gasteiger partial charge < -0.3 is 36.3 Å². The number of nitrogens with two attached hydrogens (primary N) is 1. The van der Waals surface area contributed by atoms with Crippen LogP contribution >= 0.6 is 73.8 Å². The second kappa shape index (κ2) is 34.4. The molecule has 19 heteroatoms. The number of thioether (sulfide) groups is 1. The molecule has 0 spiro atoms. The Bertz CT molecular complexity index is 2070. The first-order chi connectivity index (χ1) is 25.7. The molecule has 0 radical (unpaired) electrons. The normalized spacial score (nSPS) is 9.16. The number of hydrogen-bond acceptors (Lipinski definition) is 9. The molecular weight excluding hydrogens is 1000 g/mol. The van der Waals surface area contributed by atoms with E-state index in [4.69, 9.17) is 47.1 Å². The van der Waals surface area contributed by atoms with Crippen molar-refractivity contribution in [1.82, 2.24) is 4.98 Å². The van der Waals surface area contributed by atoms with Crippen molar-refractivity contribution in [3.05, 3.63) is 151 Å². The number of aryl methyl sites for hydroxylation is 2. The van der Waals surface area contributed by atoms with Crippen molar-refractivity contribution in [3.63, 3.8) is 0 Å². The Labute approximate surface area is 468 Å². The van der Waals surface area contributed by atoms with Crippen molar-refractivity contribution in [2.75, 3.05) is 16.9 Å². The van der Waals surface area contributed by atoms with Gasteiger partial charge in [-0.1, -0.05) is 126 Å². The van der Waals surface area contributed by atoms with Crippen molar-refractivity contribution in [2.24, 2.45) is 5.10 Å². The van der Waals surface area contributed by atoms with Crippen LogP contribution < -0.4 is 114 Å². The van der Waals surface area contributed by atoms with E-state index in [9.17, 15) is 18.4 Å². The molecule has 0 aliphatic heterocycles. The second-order valence-electron chi connectivity index (χ2n) is 10.5. The maximum absolute atomic E-state index is 13.7. The number of hydrogen-bond donors (Lipinski definition) is 2. The number of alkyl halides is 2. The number of nitrogens with zero attached hydrogens (tertiary/aromatic N) is 3. The number of benzene rings is 4. The molecule has 0 saturated carbocycles. The van der Waals surface area contributed by atoms with Crippen LogP contribution in [0.3, 0.4) is 0 Å². The Morgan fingerprint density at radius 1 is 0.914 bits per heavy atom. The van der Waals surface area contributed by atoms with Gasteiger partial charge in [0, 0.05) is 27.6 Å². The van der Waals surface area contributed by atoms with E-state index >= 15 is 0 Å². The summed E-state index contributed by atoms with van der Waals surface area (Å²) in [5.74, 6) is -0.180. The van der Waals surface area contributed by atoms with Gasteiger partial charge in [0.25, 0.3) is 5.91 Å². The van der Waals surface area contributed by atoms with E-state index in [2.05, 4.69) is 61.5 Å². The molecule has 58 heavy (non-hydrogen) atoms. The molecule has 1 heterocycles. The summed E-state index contributed by atoms with van der Waals surface area (Å²) in [6, 6.07) is 24.2. The minimum Gasteiger partial charge on any atom is -0.782 e. The molecule has 1 aromatic heterocycles. The molecule has 300 valence electrons. The zero-order valence-corrected chi connectivity index (χ0v) is 43.9. The number of ketones is 1. The third-order valence-corrected chi connectivity index (χ3v) is 10.7. The smallest absolute Gasteiger partial charge is 0.782 e. The van der Waals surface area contributed by atoms with Gasteiger partial charge in [-0.15, -0.1) is 27.9 Å². The van der Waals surface area contributed by atoms with Gasteiger partial charge in [-0.3, -0.25) is 9.59 Å². The predicted octanol–water partition coefficient (Wildman–Crippen LogP) is 6.64. The van der Waals surface area contributed by atoms with Gasteiger partial charge in [0.15, 0.2) is 10.1 Å².